The second kappa shape index (κ2) is 3.52. The molecule has 1 aromatic carbocycles. The second-order valence-electron chi connectivity index (χ2n) is 4.15. The Balaban J connectivity index is 2.49. The second-order valence-corrected chi connectivity index (χ2v) is 4.15. The molecule has 2 heteroatoms. The molecule has 76 valence electrons. The van der Waals surface area contributed by atoms with Crippen LogP contribution in [-0.2, 0) is 0 Å². The van der Waals surface area contributed by atoms with Gasteiger partial charge in [0.15, 0.2) is 0 Å². The number of nitrogens with zero attached hydrogens (tertiary/aromatic N) is 1. The molecule has 14 heavy (non-hydrogen) atoms. The first-order chi connectivity index (χ1) is 6.70. The molecule has 0 saturated carbocycles. The topological polar surface area (TPSA) is 15.3 Å². The molecule has 1 atom stereocenters. The van der Waals surface area contributed by atoms with Crippen LogP contribution in [0, 0.1) is 6.92 Å². The molecule has 1 unspecified atom stereocenters. The van der Waals surface area contributed by atoms with Crippen molar-refractivity contribution < 1.29 is 0 Å². The summed E-state index contributed by atoms with van der Waals surface area (Å²) in [4.78, 5) is 2.38. The number of anilines is 2. The Morgan fingerprint density at radius 2 is 2.21 bits per heavy atom. The van der Waals surface area contributed by atoms with Crippen molar-refractivity contribution in [1.29, 1.82) is 0 Å². The Bertz CT molecular complexity index is 333. The highest BCUT2D eigenvalue weighted by Gasteiger charge is 2.18. The fraction of sp³-hybridized carbons (Fsp3) is 0.500. The van der Waals surface area contributed by atoms with E-state index in [0.29, 0.717) is 6.04 Å². The van der Waals surface area contributed by atoms with Crippen molar-refractivity contribution in [3.05, 3.63) is 23.8 Å². The molecule has 0 saturated heterocycles. The third-order valence-corrected chi connectivity index (χ3v) is 3.13. The molecule has 0 amide bonds. The predicted octanol–water partition coefficient (Wildman–Crippen LogP) is 2.64. The summed E-state index contributed by atoms with van der Waals surface area (Å²) in [5.41, 5.74) is 3.99. The maximum absolute atomic E-state index is 3.49. The number of hydrogen-bond donors (Lipinski definition) is 1. The number of fused-ring (bicyclic) bond motifs is 1. The molecule has 0 aliphatic carbocycles. The van der Waals surface area contributed by atoms with Crippen molar-refractivity contribution in [3.63, 3.8) is 0 Å². The monoisotopic (exact) mass is 190 g/mol. The maximum Gasteiger partial charge on any atom is 0.0631 e. The van der Waals surface area contributed by atoms with Crippen LogP contribution in [0.1, 0.15) is 18.9 Å². The smallest absolute Gasteiger partial charge is 0.0631 e. The fourth-order valence-corrected chi connectivity index (χ4v) is 2.10. The lowest BCUT2D eigenvalue weighted by Gasteiger charge is -2.27. The Labute approximate surface area is 85.9 Å². The van der Waals surface area contributed by atoms with Gasteiger partial charge in [0.05, 0.1) is 11.4 Å². The summed E-state index contributed by atoms with van der Waals surface area (Å²) in [5, 5.41) is 3.49. The minimum atomic E-state index is 0.616. The van der Waals surface area contributed by atoms with E-state index >= 15 is 0 Å². The quantitative estimate of drug-likeness (QED) is 0.676. The molecule has 1 aliphatic heterocycles. The van der Waals surface area contributed by atoms with E-state index in [2.05, 4.69) is 49.3 Å². The zero-order valence-corrected chi connectivity index (χ0v) is 9.17. The average Bonchev–Trinajstić information content (AvgIpc) is 2.29. The molecule has 1 aliphatic rings. The van der Waals surface area contributed by atoms with E-state index in [1.807, 2.05) is 0 Å². The van der Waals surface area contributed by atoms with Gasteiger partial charge in [0.2, 0.25) is 0 Å². The maximum atomic E-state index is 3.49. The molecule has 0 spiro atoms. The van der Waals surface area contributed by atoms with E-state index in [9.17, 15) is 0 Å². The van der Waals surface area contributed by atoms with Crippen LogP contribution in [0.4, 0.5) is 11.4 Å². The summed E-state index contributed by atoms with van der Waals surface area (Å²) in [5.74, 6) is 0. The van der Waals surface area contributed by atoms with Crippen LogP contribution in [0.25, 0.3) is 0 Å². The van der Waals surface area contributed by atoms with Crippen molar-refractivity contribution in [1.82, 2.24) is 0 Å². The summed E-state index contributed by atoms with van der Waals surface area (Å²) in [6.45, 7) is 5.53. The van der Waals surface area contributed by atoms with Crippen LogP contribution in [0.3, 0.4) is 0 Å². The summed E-state index contributed by atoms with van der Waals surface area (Å²) >= 11 is 0. The fourth-order valence-electron chi connectivity index (χ4n) is 2.10. The Morgan fingerprint density at radius 3 is 3.00 bits per heavy atom. The number of hydrogen-bond acceptors (Lipinski definition) is 2. The standard InChI is InChI=1S/C12H18N2/c1-9-5-4-6-11-12(9)14(3)10(2)7-8-13-11/h4-6,10,13H,7-8H2,1-3H3. The first-order valence-corrected chi connectivity index (χ1v) is 5.26. The molecular weight excluding hydrogens is 172 g/mol. The molecule has 0 bridgehead atoms. The van der Waals surface area contributed by atoms with Crippen molar-refractivity contribution in [3.8, 4) is 0 Å². The first kappa shape index (κ1) is 9.38. The molecular formula is C12H18N2. The van der Waals surface area contributed by atoms with E-state index in [1.165, 1.54) is 23.4 Å². The van der Waals surface area contributed by atoms with Gasteiger partial charge in [-0.1, -0.05) is 12.1 Å². The SMILES string of the molecule is Cc1cccc2c1N(C)C(C)CCN2. The predicted molar refractivity (Wildman–Crippen MR) is 62.2 cm³/mol. The summed E-state index contributed by atoms with van der Waals surface area (Å²) < 4.78 is 0. The van der Waals surface area contributed by atoms with E-state index in [-0.39, 0.29) is 0 Å². The molecule has 1 heterocycles. The van der Waals surface area contributed by atoms with Gasteiger partial charge < -0.3 is 10.2 Å². The number of rotatable bonds is 0. The minimum absolute atomic E-state index is 0.616. The van der Waals surface area contributed by atoms with Gasteiger partial charge in [0.25, 0.3) is 0 Å². The summed E-state index contributed by atoms with van der Waals surface area (Å²) in [6.07, 6.45) is 1.20. The lowest BCUT2D eigenvalue weighted by atomic mass is 10.1. The number of para-hydroxylation sites is 1. The van der Waals surface area contributed by atoms with E-state index < -0.39 is 0 Å². The van der Waals surface area contributed by atoms with Crippen molar-refractivity contribution in [2.45, 2.75) is 26.3 Å². The van der Waals surface area contributed by atoms with Crippen LogP contribution in [0.2, 0.25) is 0 Å². The highest BCUT2D eigenvalue weighted by molar-refractivity contribution is 5.74. The molecule has 2 rings (SSSR count). The Kier molecular flexibility index (Phi) is 2.36. The molecule has 0 fully saturated rings. The van der Waals surface area contributed by atoms with Crippen LogP contribution < -0.4 is 10.2 Å². The van der Waals surface area contributed by atoms with Gasteiger partial charge >= 0.3 is 0 Å². The molecule has 1 N–H and O–H groups in total. The normalized spacial score (nSPS) is 21.1. The van der Waals surface area contributed by atoms with Gasteiger partial charge in [-0.15, -0.1) is 0 Å². The summed E-state index contributed by atoms with van der Waals surface area (Å²) in [7, 11) is 2.18. The third kappa shape index (κ3) is 1.45. The number of nitrogens with one attached hydrogen (secondary N) is 1. The van der Waals surface area contributed by atoms with Crippen LogP contribution >= 0.6 is 0 Å². The largest absolute Gasteiger partial charge is 0.383 e. The first-order valence-electron chi connectivity index (χ1n) is 5.26. The van der Waals surface area contributed by atoms with Crippen molar-refractivity contribution >= 4 is 11.4 Å². The molecule has 2 nitrogen and oxygen atoms in total. The van der Waals surface area contributed by atoms with Gasteiger partial charge in [0.1, 0.15) is 0 Å². The minimum Gasteiger partial charge on any atom is -0.383 e. The van der Waals surface area contributed by atoms with E-state index in [0.717, 1.165) is 6.54 Å². The van der Waals surface area contributed by atoms with Crippen LogP contribution in [0.5, 0.6) is 0 Å². The highest BCUT2D eigenvalue weighted by atomic mass is 15.2. The van der Waals surface area contributed by atoms with Crippen molar-refractivity contribution in [2.75, 3.05) is 23.8 Å². The van der Waals surface area contributed by atoms with Crippen molar-refractivity contribution in [2.24, 2.45) is 0 Å². The number of aryl methyl sites for hydroxylation is 1. The Hall–Kier alpha value is -1.18. The van der Waals surface area contributed by atoms with Gasteiger partial charge in [-0.05, 0) is 31.9 Å². The van der Waals surface area contributed by atoms with Crippen LogP contribution in [-0.4, -0.2) is 19.6 Å². The lowest BCUT2D eigenvalue weighted by molar-refractivity contribution is 0.656. The zero-order chi connectivity index (χ0) is 10.1. The highest BCUT2D eigenvalue weighted by Crippen LogP contribution is 2.32. The molecule has 0 radical (unpaired) electrons. The van der Waals surface area contributed by atoms with E-state index in [4.69, 9.17) is 0 Å². The Morgan fingerprint density at radius 1 is 1.43 bits per heavy atom. The van der Waals surface area contributed by atoms with Gasteiger partial charge in [0, 0.05) is 19.6 Å². The molecule has 1 aromatic rings. The van der Waals surface area contributed by atoms with Gasteiger partial charge in [-0.2, -0.15) is 0 Å². The van der Waals surface area contributed by atoms with Gasteiger partial charge in [-0.3, -0.25) is 0 Å². The zero-order valence-electron chi connectivity index (χ0n) is 9.17. The third-order valence-electron chi connectivity index (χ3n) is 3.13. The average molecular weight is 190 g/mol. The molecule has 0 aromatic heterocycles. The summed E-state index contributed by atoms with van der Waals surface area (Å²) in [6, 6.07) is 7.07. The van der Waals surface area contributed by atoms with Gasteiger partial charge in [-0.25, -0.2) is 0 Å². The lowest BCUT2D eigenvalue weighted by Crippen LogP contribution is -2.28. The van der Waals surface area contributed by atoms with Crippen LogP contribution in [0.15, 0.2) is 18.2 Å². The van der Waals surface area contributed by atoms with E-state index in [1.54, 1.807) is 0 Å². The number of benzene rings is 1.